The predicted octanol–water partition coefficient (Wildman–Crippen LogP) is 1.70. The summed E-state index contributed by atoms with van der Waals surface area (Å²) < 4.78 is 6.81. The zero-order valence-corrected chi connectivity index (χ0v) is 11.9. The van der Waals surface area contributed by atoms with Gasteiger partial charge in [-0.1, -0.05) is 34.1 Å². The first-order valence-corrected chi connectivity index (χ1v) is 6.78. The summed E-state index contributed by atoms with van der Waals surface area (Å²) in [5.74, 6) is -0.289. The van der Waals surface area contributed by atoms with Gasteiger partial charge in [-0.2, -0.15) is 0 Å². The van der Waals surface area contributed by atoms with E-state index in [0.717, 1.165) is 16.6 Å². The topological polar surface area (TPSA) is 55.6 Å². The van der Waals surface area contributed by atoms with E-state index < -0.39 is 0 Å². The number of primary amides is 1. The maximum Gasteiger partial charge on any atom is 0.234 e. The molecule has 98 valence electrons. The number of hydrogen-bond acceptors (Lipinski definition) is 3. The van der Waals surface area contributed by atoms with E-state index >= 15 is 0 Å². The molecule has 1 saturated heterocycles. The smallest absolute Gasteiger partial charge is 0.234 e. The van der Waals surface area contributed by atoms with Crippen LogP contribution in [-0.2, 0) is 9.53 Å². The second-order valence-electron chi connectivity index (χ2n) is 4.45. The third-order valence-corrected chi connectivity index (χ3v) is 4.03. The van der Waals surface area contributed by atoms with Crippen LogP contribution in [0, 0.1) is 0 Å². The highest BCUT2D eigenvalue weighted by Gasteiger charge is 2.28. The fraction of sp³-hybridized carbons (Fsp3) is 0.462. The molecular weight excluding hydrogens is 296 g/mol. The fourth-order valence-corrected chi connectivity index (χ4v) is 2.67. The number of carbonyl (C=O) groups is 1. The largest absolute Gasteiger partial charge is 0.371 e. The van der Waals surface area contributed by atoms with Crippen LogP contribution in [-0.4, -0.2) is 36.5 Å². The summed E-state index contributed by atoms with van der Waals surface area (Å²) in [6.07, 6.45) is -0.0175. The fourth-order valence-electron chi connectivity index (χ4n) is 2.13. The molecule has 2 unspecified atom stereocenters. The summed E-state index contributed by atoms with van der Waals surface area (Å²) in [4.78, 5) is 13.3. The van der Waals surface area contributed by atoms with Crippen LogP contribution < -0.4 is 5.73 Å². The lowest BCUT2D eigenvalue weighted by Gasteiger charge is -2.36. The summed E-state index contributed by atoms with van der Waals surface area (Å²) >= 11 is 3.53. The molecule has 0 radical (unpaired) electrons. The molecule has 18 heavy (non-hydrogen) atoms. The minimum absolute atomic E-state index is 0.0175. The first-order valence-electron chi connectivity index (χ1n) is 5.99. The lowest BCUT2D eigenvalue weighted by atomic mass is 10.1. The predicted molar refractivity (Wildman–Crippen MR) is 73.1 cm³/mol. The van der Waals surface area contributed by atoms with Crippen molar-refractivity contribution in [3.05, 3.63) is 34.3 Å². The van der Waals surface area contributed by atoms with Crippen LogP contribution >= 0.6 is 15.9 Å². The van der Waals surface area contributed by atoms with Gasteiger partial charge in [-0.15, -0.1) is 0 Å². The number of benzene rings is 1. The lowest BCUT2D eigenvalue weighted by Crippen LogP contribution is -2.49. The third kappa shape index (κ3) is 2.91. The monoisotopic (exact) mass is 312 g/mol. The van der Waals surface area contributed by atoms with Gasteiger partial charge in [-0.25, -0.2) is 0 Å². The number of halogens is 1. The molecule has 2 N–H and O–H groups in total. The third-order valence-electron chi connectivity index (χ3n) is 3.31. The van der Waals surface area contributed by atoms with Gasteiger partial charge in [-0.05, 0) is 18.6 Å². The van der Waals surface area contributed by atoms with Crippen molar-refractivity contribution in [2.45, 2.75) is 19.1 Å². The molecule has 4 nitrogen and oxygen atoms in total. The molecule has 1 heterocycles. The van der Waals surface area contributed by atoms with E-state index in [1.165, 1.54) is 0 Å². The number of nitrogens with zero attached hydrogens (tertiary/aromatic N) is 1. The van der Waals surface area contributed by atoms with E-state index in [2.05, 4.69) is 20.8 Å². The van der Waals surface area contributed by atoms with Crippen LogP contribution in [0.4, 0.5) is 0 Å². The molecule has 5 heteroatoms. The molecule has 0 aliphatic carbocycles. The maximum atomic E-state index is 11.2. The van der Waals surface area contributed by atoms with Gasteiger partial charge in [0.1, 0.15) is 0 Å². The van der Waals surface area contributed by atoms with E-state index in [1.807, 2.05) is 31.2 Å². The molecule has 0 aromatic heterocycles. The number of morpholine rings is 1. The SMILES string of the molecule is CC(C(N)=O)N1CCOC(c2ccccc2Br)C1. The Kier molecular flexibility index (Phi) is 4.37. The molecule has 2 rings (SSSR count). The summed E-state index contributed by atoms with van der Waals surface area (Å²) in [5.41, 5.74) is 6.46. The van der Waals surface area contributed by atoms with Crippen LogP contribution in [0.3, 0.4) is 0 Å². The Hall–Kier alpha value is -0.910. The number of carbonyl (C=O) groups excluding carboxylic acids is 1. The minimum atomic E-state index is -0.289. The Labute approximate surface area is 115 Å². The van der Waals surface area contributed by atoms with Crippen molar-refractivity contribution < 1.29 is 9.53 Å². The summed E-state index contributed by atoms with van der Waals surface area (Å²) in [7, 11) is 0. The molecule has 1 aliphatic rings. The number of rotatable bonds is 3. The van der Waals surface area contributed by atoms with Crippen molar-refractivity contribution in [1.29, 1.82) is 0 Å². The van der Waals surface area contributed by atoms with E-state index in [0.29, 0.717) is 13.2 Å². The van der Waals surface area contributed by atoms with E-state index in [4.69, 9.17) is 10.5 Å². The van der Waals surface area contributed by atoms with Gasteiger partial charge >= 0.3 is 0 Å². The first kappa shape index (κ1) is 13.5. The molecule has 0 saturated carbocycles. The van der Waals surface area contributed by atoms with Crippen molar-refractivity contribution in [3.63, 3.8) is 0 Å². The average Bonchev–Trinajstić information content (AvgIpc) is 2.38. The van der Waals surface area contributed by atoms with Crippen molar-refractivity contribution in [2.24, 2.45) is 5.73 Å². The van der Waals surface area contributed by atoms with Gasteiger partial charge in [0.05, 0.1) is 18.8 Å². The Morgan fingerprint density at radius 2 is 2.28 bits per heavy atom. The Balaban J connectivity index is 2.12. The second kappa shape index (κ2) is 5.82. The van der Waals surface area contributed by atoms with Gasteiger partial charge in [0.25, 0.3) is 0 Å². The molecular formula is C13H17BrN2O2. The van der Waals surface area contributed by atoms with Crippen molar-refractivity contribution in [1.82, 2.24) is 4.90 Å². The Bertz CT molecular complexity index is 439. The molecule has 1 aromatic rings. The lowest BCUT2D eigenvalue weighted by molar-refractivity contribution is -0.126. The minimum Gasteiger partial charge on any atom is -0.371 e. The quantitative estimate of drug-likeness (QED) is 0.924. The Morgan fingerprint density at radius 3 is 2.94 bits per heavy atom. The number of hydrogen-bond donors (Lipinski definition) is 1. The highest BCUT2D eigenvalue weighted by Crippen LogP contribution is 2.29. The van der Waals surface area contributed by atoms with Crippen molar-refractivity contribution >= 4 is 21.8 Å². The average molecular weight is 313 g/mol. The zero-order valence-electron chi connectivity index (χ0n) is 10.3. The molecule has 1 amide bonds. The maximum absolute atomic E-state index is 11.2. The molecule has 1 aliphatic heterocycles. The van der Waals surface area contributed by atoms with Crippen molar-refractivity contribution in [2.75, 3.05) is 19.7 Å². The van der Waals surface area contributed by atoms with E-state index in [9.17, 15) is 4.79 Å². The summed E-state index contributed by atoms with van der Waals surface area (Å²) in [6, 6.07) is 7.74. The summed E-state index contributed by atoms with van der Waals surface area (Å²) in [5, 5.41) is 0. The van der Waals surface area contributed by atoms with Gasteiger partial charge < -0.3 is 10.5 Å². The zero-order chi connectivity index (χ0) is 13.1. The van der Waals surface area contributed by atoms with Crippen LogP contribution in [0.25, 0.3) is 0 Å². The van der Waals surface area contributed by atoms with Gasteiger partial charge in [0.2, 0.25) is 5.91 Å². The highest BCUT2D eigenvalue weighted by molar-refractivity contribution is 9.10. The summed E-state index contributed by atoms with van der Waals surface area (Å²) in [6.45, 7) is 3.88. The van der Waals surface area contributed by atoms with E-state index in [-0.39, 0.29) is 18.1 Å². The molecule has 0 spiro atoms. The van der Waals surface area contributed by atoms with Crippen LogP contribution in [0.1, 0.15) is 18.6 Å². The first-order chi connectivity index (χ1) is 8.59. The molecule has 0 bridgehead atoms. The van der Waals surface area contributed by atoms with Gasteiger partial charge in [-0.3, -0.25) is 9.69 Å². The highest BCUT2D eigenvalue weighted by atomic mass is 79.9. The molecule has 1 aromatic carbocycles. The van der Waals surface area contributed by atoms with Crippen LogP contribution in [0.2, 0.25) is 0 Å². The number of nitrogens with two attached hydrogens (primary N) is 1. The van der Waals surface area contributed by atoms with E-state index in [1.54, 1.807) is 0 Å². The van der Waals surface area contributed by atoms with Gasteiger partial charge in [0, 0.05) is 17.6 Å². The second-order valence-corrected chi connectivity index (χ2v) is 5.31. The molecule has 2 atom stereocenters. The van der Waals surface area contributed by atoms with Gasteiger partial charge in [0.15, 0.2) is 0 Å². The van der Waals surface area contributed by atoms with Crippen molar-refractivity contribution in [3.8, 4) is 0 Å². The molecule has 1 fully saturated rings. The normalized spacial score (nSPS) is 22.7. The van der Waals surface area contributed by atoms with Crippen LogP contribution in [0.5, 0.6) is 0 Å². The van der Waals surface area contributed by atoms with Crippen LogP contribution in [0.15, 0.2) is 28.7 Å². The standard InChI is InChI=1S/C13H17BrN2O2/c1-9(13(15)17)16-6-7-18-12(8-16)10-4-2-3-5-11(10)14/h2-5,9,12H,6-8H2,1H3,(H2,15,17). The number of amides is 1. The Morgan fingerprint density at radius 1 is 1.56 bits per heavy atom. The number of ether oxygens (including phenoxy) is 1.